The molecule has 0 fully saturated rings. The molecular weight excluding hydrogens is 210 g/mol. The second-order valence-electron chi connectivity index (χ2n) is 5.63. The van der Waals surface area contributed by atoms with Crippen LogP contribution in [0.25, 0.3) is 0 Å². The smallest absolute Gasteiger partial charge is 0.138 e. The van der Waals surface area contributed by atoms with Crippen LogP contribution in [0.3, 0.4) is 0 Å². The SMILES string of the molecule is Cc1ccc(CC(=O)CCNC(C)(C)C)cc1. The molecule has 17 heavy (non-hydrogen) atoms. The molecule has 0 spiro atoms. The number of rotatable bonds is 5. The minimum atomic E-state index is 0.0874. The minimum absolute atomic E-state index is 0.0874. The Labute approximate surface area is 104 Å². The van der Waals surface area contributed by atoms with E-state index >= 15 is 0 Å². The fourth-order valence-electron chi connectivity index (χ4n) is 1.60. The molecule has 0 radical (unpaired) electrons. The lowest BCUT2D eigenvalue weighted by Gasteiger charge is -2.20. The Bertz CT molecular complexity index is 360. The van der Waals surface area contributed by atoms with E-state index in [9.17, 15) is 4.79 Å². The summed E-state index contributed by atoms with van der Waals surface area (Å²) in [5.41, 5.74) is 2.43. The molecule has 1 rings (SSSR count). The second kappa shape index (κ2) is 5.97. The molecule has 2 heteroatoms. The summed E-state index contributed by atoms with van der Waals surface area (Å²) >= 11 is 0. The largest absolute Gasteiger partial charge is 0.312 e. The predicted octanol–water partition coefficient (Wildman–Crippen LogP) is 2.88. The molecule has 1 N–H and O–H groups in total. The zero-order chi connectivity index (χ0) is 12.9. The molecule has 1 aromatic rings. The zero-order valence-corrected chi connectivity index (χ0v) is 11.3. The Morgan fingerprint density at radius 3 is 2.29 bits per heavy atom. The van der Waals surface area contributed by atoms with Crippen molar-refractivity contribution in [3.63, 3.8) is 0 Å². The summed E-state index contributed by atoms with van der Waals surface area (Å²) in [7, 11) is 0. The maximum atomic E-state index is 11.7. The maximum absolute atomic E-state index is 11.7. The topological polar surface area (TPSA) is 29.1 Å². The van der Waals surface area contributed by atoms with E-state index in [0.717, 1.165) is 12.1 Å². The van der Waals surface area contributed by atoms with E-state index in [2.05, 4.69) is 45.1 Å². The molecule has 0 aromatic heterocycles. The Morgan fingerprint density at radius 2 is 1.76 bits per heavy atom. The minimum Gasteiger partial charge on any atom is -0.312 e. The number of carbonyl (C=O) groups is 1. The van der Waals surface area contributed by atoms with Gasteiger partial charge in [0.25, 0.3) is 0 Å². The summed E-state index contributed by atoms with van der Waals surface area (Å²) < 4.78 is 0. The van der Waals surface area contributed by atoms with Crippen LogP contribution >= 0.6 is 0 Å². The summed E-state index contributed by atoms with van der Waals surface area (Å²) in [5, 5.41) is 3.33. The normalized spacial score (nSPS) is 11.5. The molecule has 1 aromatic carbocycles. The third-order valence-corrected chi connectivity index (χ3v) is 2.58. The Balaban J connectivity index is 2.32. The van der Waals surface area contributed by atoms with E-state index in [4.69, 9.17) is 0 Å². The predicted molar refractivity (Wildman–Crippen MR) is 72.3 cm³/mol. The van der Waals surface area contributed by atoms with Crippen LogP contribution in [0.1, 0.15) is 38.3 Å². The van der Waals surface area contributed by atoms with Crippen molar-refractivity contribution in [3.8, 4) is 0 Å². The van der Waals surface area contributed by atoms with Crippen LogP contribution in [0.5, 0.6) is 0 Å². The van der Waals surface area contributed by atoms with Gasteiger partial charge in [-0.05, 0) is 33.3 Å². The van der Waals surface area contributed by atoms with Crippen molar-refractivity contribution in [2.24, 2.45) is 0 Å². The fraction of sp³-hybridized carbons (Fsp3) is 0.533. The first-order chi connectivity index (χ1) is 7.87. The van der Waals surface area contributed by atoms with Crippen molar-refractivity contribution in [3.05, 3.63) is 35.4 Å². The highest BCUT2D eigenvalue weighted by molar-refractivity contribution is 5.81. The third kappa shape index (κ3) is 6.22. The van der Waals surface area contributed by atoms with E-state index in [1.165, 1.54) is 5.56 Å². The van der Waals surface area contributed by atoms with E-state index in [0.29, 0.717) is 18.6 Å². The van der Waals surface area contributed by atoms with Gasteiger partial charge in [0.2, 0.25) is 0 Å². The van der Waals surface area contributed by atoms with Gasteiger partial charge in [-0.15, -0.1) is 0 Å². The molecule has 0 aliphatic carbocycles. The number of benzene rings is 1. The molecule has 0 aliphatic heterocycles. The lowest BCUT2D eigenvalue weighted by atomic mass is 10.0. The zero-order valence-electron chi connectivity index (χ0n) is 11.3. The van der Waals surface area contributed by atoms with Gasteiger partial charge in [-0.1, -0.05) is 29.8 Å². The molecule has 0 bridgehead atoms. The first-order valence-electron chi connectivity index (χ1n) is 6.19. The van der Waals surface area contributed by atoms with Gasteiger partial charge in [0.1, 0.15) is 5.78 Å². The number of hydrogen-bond acceptors (Lipinski definition) is 2. The lowest BCUT2D eigenvalue weighted by Crippen LogP contribution is -2.37. The van der Waals surface area contributed by atoms with Gasteiger partial charge < -0.3 is 5.32 Å². The average molecular weight is 233 g/mol. The Hall–Kier alpha value is -1.15. The monoisotopic (exact) mass is 233 g/mol. The molecule has 0 amide bonds. The summed E-state index contributed by atoms with van der Waals surface area (Å²) in [6, 6.07) is 8.17. The van der Waals surface area contributed by atoms with Crippen molar-refractivity contribution >= 4 is 5.78 Å². The van der Waals surface area contributed by atoms with Crippen LogP contribution in [-0.2, 0) is 11.2 Å². The van der Waals surface area contributed by atoms with Crippen molar-refractivity contribution in [1.82, 2.24) is 5.32 Å². The summed E-state index contributed by atoms with van der Waals surface area (Å²) in [5.74, 6) is 0.297. The molecule has 0 saturated heterocycles. The number of Topliss-reactive ketones (excluding diaryl/α,β-unsaturated/α-hetero) is 1. The number of nitrogens with one attached hydrogen (secondary N) is 1. The number of hydrogen-bond donors (Lipinski definition) is 1. The molecule has 2 nitrogen and oxygen atoms in total. The molecule has 94 valence electrons. The van der Waals surface area contributed by atoms with Gasteiger partial charge in [0, 0.05) is 24.9 Å². The first-order valence-corrected chi connectivity index (χ1v) is 6.19. The van der Waals surface area contributed by atoms with Crippen LogP contribution in [0.4, 0.5) is 0 Å². The van der Waals surface area contributed by atoms with Crippen molar-refractivity contribution in [2.75, 3.05) is 6.54 Å². The number of aryl methyl sites for hydroxylation is 1. The van der Waals surface area contributed by atoms with E-state index in [-0.39, 0.29) is 5.54 Å². The fourth-order valence-corrected chi connectivity index (χ4v) is 1.60. The molecule has 0 saturated carbocycles. The molecule has 0 heterocycles. The first kappa shape index (κ1) is 13.9. The molecule has 0 atom stereocenters. The van der Waals surface area contributed by atoms with Crippen LogP contribution in [0.2, 0.25) is 0 Å². The molecule has 0 aliphatic rings. The maximum Gasteiger partial charge on any atom is 0.138 e. The van der Waals surface area contributed by atoms with Gasteiger partial charge in [-0.25, -0.2) is 0 Å². The summed E-state index contributed by atoms with van der Waals surface area (Å²) in [6.07, 6.45) is 1.15. The second-order valence-corrected chi connectivity index (χ2v) is 5.63. The van der Waals surface area contributed by atoms with Crippen LogP contribution < -0.4 is 5.32 Å². The molecular formula is C15H23NO. The van der Waals surface area contributed by atoms with Crippen LogP contribution in [-0.4, -0.2) is 17.9 Å². The number of carbonyl (C=O) groups excluding carboxylic acids is 1. The highest BCUT2D eigenvalue weighted by Gasteiger charge is 2.09. The summed E-state index contributed by atoms with van der Waals surface area (Å²) in [4.78, 5) is 11.7. The lowest BCUT2D eigenvalue weighted by molar-refractivity contribution is -0.118. The van der Waals surface area contributed by atoms with Crippen molar-refractivity contribution < 1.29 is 4.79 Å². The highest BCUT2D eigenvalue weighted by Crippen LogP contribution is 2.05. The van der Waals surface area contributed by atoms with Crippen molar-refractivity contribution in [2.45, 2.75) is 46.1 Å². The highest BCUT2D eigenvalue weighted by atomic mass is 16.1. The Kier molecular flexibility index (Phi) is 4.88. The average Bonchev–Trinajstić information content (AvgIpc) is 2.19. The van der Waals surface area contributed by atoms with Gasteiger partial charge in [-0.3, -0.25) is 4.79 Å². The quantitative estimate of drug-likeness (QED) is 0.847. The van der Waals surface area contributed by atoms with Gasteiger partial charge in [-0.2, -0.15) is 0 Å². The van der Waals surface area contributed by atoms with Crippen LogP contribution in [0.15, 0.2) is 24.3 Å². The number of ketones is 1. The molecule has 0 unspecified atom stereocenters. The standard InChI is InChI=1S/C15H23NO/c1-12-5-7-13(8-6-12)11-14(17)9-10-16-15(2,3)4/h5-8,16H,9-11H2,1-4H3. The van der Waals surface area contributed by atoms with E-state index in [1.54, 1.807) is 0 Å². The van der Waals surface area contributed by atoms with Crippen molar-refractivity contribution in [1.29, 1.82) is 0 Å². The van der Waals surface area contributed by atoms with Gasteiger partial charge in [0.05, 0.1) is 0 Å². The van der Waals surface area contributed by atoms with Gasteiger partial charge in [0.15, 0.2) is 0 Å². The Morgan fingerprint density at radius 1 is 1.18 bits per heavy atom. The van der Waals surface area contributed by atoms with E-state index < -0.39 is 0 Å². The van der Waals surface area contributed by atoms with Crippen LogP contribution in [0, 0.1) is 6.92 Å². The summed E-state index contributed by atoms with van der Waals surface area (Å²) in [6.45, 7) is 9.14. The van der Waals surface area contributed by atoms with E-state index in [1.807, 2.05) is 12.1 Å². The van der Waals surface area contributed by atoms with Gasteiger partial charge >= 0.3 is 0 Å². The third-order valence-electron chi connectivity index (χ3n) is 2.58.